The number of hydrogen-bond acceptors (Lipinski definition) is 6. The topological polar surface area (TPSA) is 80.1 Å². The Morgan fingerprint density at radius 3 is 2.62 bits per heavy atom. The zero-order valence-electron chi connectivity index (χ0n) is 16.1. The number of benzene rings is 2. The number of imidazole rings is 1. The largest absolute Gasteiger partial charge is 0.485 e. The van der Waals surface area contributed by atoms with Crippen LogP contribution in [0.4, 0.5) is 0 Å². The highest BCUT2D eigenvalue weighted by Gasteiger charge is 2.24. The van der Waals surface area contributed by atoms with Crippen molar-refractivity contribution in [1.82, 2.24) is 25.0 Å². The lowest BCUT2D eigenvalue weighted by Crippen LogP contribution is -2.32. The van der Waals surface area contributed by atoms with Crippen LogP contribution in [0.2, 0.25) is 0 Å². The number of para-hydroxylation sites is 3. The molecule has 0 saturated carbocycles. The first-order chi connectivity index (χ1) is 14.3. The van der Waals surface area contributed by atoms with Crippen molar-refractivity contribution in [3.05, 3.63) is 72.1 Å². The molecule has 0 aliphatic carbocycles. The van der Waals surface area contributed by atoms with E-state index in [0.717, 1.165) is 48.5 Å². The van der Waals surface area contributed by atoms with Crippen LogP contribution in [0.5, 0.6) is 5.75 Å². The molecule has 2 aromatic heterocycles. The zero-order chi connectivity index (χ0) is 19.5. The van der Waals surface area contributed by atoms with Crippen molar-refractivity contribution in [3.8, 4) is 5.75 Å². The van der Waals surface area contributed by atoms with E-state index >= 15 is 0 Å². The van der Waals surface area contributed by atoms with Gasteiger partial charge >= 0.3 is 0 Å². The summed E-state index contributed by atoms with van der Waals surface area (Å²) in [5, 5.41) is 4.03. The monoisotopic (exact) mass is 389 g/mol. The van der Waals surface area contributed by atoms with Crippen LogP contribution in [-0.4, -0.2) is 38.1 Å². The van der Waals surface area contributed by atoms with Crippen LogP contribution in [0.1, 0.15) is 36.3 Å². The van der Waals surface area contributed by atoms with Gasteiger partial charge in [0, 0.05) is 5.92 Å². The van der Waals surface area contributed by atoms with E-state index in [1.54, 1.807) is 0 Å². The number of likely N-dealkylation sites (tertiary alicyclic amines) is 1. The second-order valence-electron chi connectivity index (χ2n) is 7.40. The molecular formula is C22H23N5O2. The van der Waals surface area contributed by atoms with Gasteiger partial charge in [0.1, 0.15) is 11.6 Å². The van der Waals surface area contributed by atoms with Crippen molar-refractivity contribution in [2.45, 2.75) is 31.9 Å². The number of aromatic amines is 1. The lowest BCUT2D eigenvalue weighted by molar-refractivity contribution is 0.179. The molecule has 0 spiro atoms. The fourth-order valence-corrected chi connectivity index (χ4v) is 3.80. The molecule has 7 heteroatoms. The Morgan fingerprint density at radius 1 is 1.00 bits per heavy atom. The van der Waals surface area contributed by atoms with Gasteiger partial charge in [0.05, 0.1) is 17.6 Å². The van der Waals surface area contributed by atoms with Crippen LogP contribution in [-0.2, 0) is 13.2 Å². The van der Waals surface area contributed by atoms with E-state index in [1.807, 2.05) is 42.5 Å². The summed E-state index contributed by atoms with van der Waals surface area (Å²) in [7, 11) is 0. The third-order valence-electron chi connectivity index (χ3n) is 5.36. The second kappa shape index (κ2) is 8.05. The molecule has 7 nitrogen and oxygen atoms in total. The normalized spacial score (nSPS) is 15.7. The van der Waals surface area contributed by atoms with Crippen LogP contribution in [0.3, 0.4) is 0 Å². The van der Waals surface area contributed by atoms with Crippen LogP contribution in [0, 0.1) is 0 Å². The number of aromatic nitrogens is 4. The predicted molar refractivity (Wildman–Crippen MR) is 108 cm³/mol. The summed E-state index contributed by atoms with van der Waals surface area (Å²) >= 11 is 0. The smallest absolute Gasteiger partial charge is 0.240 e. The number of nitrogens with one attached hydrogen (secondary N) is 1. The first-order valence-electron chi connectivity index (χ1n) is 10.00. The van der Waals surface area contributed by atoms with E-state index in [1.165, 1.54) is 0 Å². The Hall–Kier alpha value is -3.19. The fraction of sp³-hybridized carbons (Fsp3) is 0.318. The van der Waals surface area contributed by atoms with Crippen molar-refractivity contribution in [3.63, 3.8) is 0 Å². The van der Waals surface area contributed by atoms with Crippen molar-refractivity contribution in [2.24, 2.45) is 0 Å². The standard InChI is InChI=1S/C22H23N5O2/c1-2-6-17(7-3-1)28-15-20-25-21(29-26-20)14-27-12-10-16(11-13-27)22-23-18-8-4-5-9-19(18)24-22/h1-9,16H,10-15H2,(H,23,24). The van der Waals surface area contributed by atoms with E-state index in [9.17, 15) is 0 Å². The molecule has 1 aliphatic rings. The van der Waals surface area contributed by atoms with Gasteiger partial charge in [-0.25, -0.2) is 4.98 Å². The highest BCUT2D eigenvalue weighted by Crippen LogP contribution is 2.28. The number of rotatable bonds is 6. The molecule has 4 aromatic rings. The number of nitrogens with zero attached hydrogens (tertiary/aromatic N) is 4. The van der Waals surface area contributed by atoms with E-state index in [0.29, 0.717) is 30.8 Å². The molecule has 0 unspecified atom stereocenters. The Kier molecular flexibility index (Phi) is 4.96. The minimum absolute atomic E-state index is 0.307. The van der Waals surface area contributed by atoms with Crippen molar-refractivity contribution in [2.75, 3.05) is 13.1 Å². The molecule has 1 saturated heterocycles. The summed E-state index contributed by atoms with van der Waals surface area (Å²) in [4.78, 5) is 15.1. The molecule has 1 fully saturated rings. The Bertz CT molecular complexity index is 1030. The van der Waals surface area contributed by atoms with Gasteiger partial charge in [-0.15, -0.1) is 0 Å². The maximum Gasteiger partial charge on any atom is 0.240 e. The Labute approximate surface area is 168 Å². The average molecular weight is 389 g/mol. The quantitative estimate of drug-likeness (QED) is 0.539. The molecular weight excluding hydrogens is 366 g/mol. The maximum atomic E-state index is 5.67. The number of piperidine rings is 1. The number of ether oxygens (including phenoxy) is 1. The van der Waals surface area contributed by atoms with Gasteiger partial charge in [-0.3, -0.25) is 4.90 Å². The molecule has 0 amide bonds. The van der Waals surface area contributed by atoms with E-state index in [4.69, 9.17) is 14.2 Å². The number of fused-ring (bicyclic) bond motifs is 1. The SMILES string of the molecule is c1ccc(OCc2noc(CN3CCC(c4nc5ccccc5[nH]4)CC3)n2)cc1. The summed E-state index contributed by atoms with van der Waals surface area (Å²) in [6.07, 6.45) is 2.13. The third kappa shape index (κ3) is 4.14. The van der Waals surface area contributed by atoms with Gasteiger partial charge in [-0.1, -0.05) is 35.5 Å². The molecule has 0 bridgehead atoms. The van der Waals surface area contributed by atoms with E-state index in [2.05, 4.69) is 32.2 Å². The van der Waals surface area contributed by atoms with Crippen LogP contribution >= 0.6 is 0 Å². The first kappa shape index (κ1) is 17.9. The Balaban J connectivity index is 1.13. The van der Waals surface area contributed by atoms with E-state index < -0.39 is 0 Å². The van der Waals surface area contributed by atoms with Gasteiger partial charge in [0.15, 0.2) is 6.61 Å². The molecule has 148 valence electrons. The highest BCUT2D eigenvalue weighted by molar-refractivity contribution is 5.74. The molecule has 29 heavy (non-hydrogen) atoms. The number of hydrogen-bond donors (Lipinski definition) is 1. The maximum absolute atomic E-state index is 5.67. The molecule has 5 rings (SSSR count). The van der Waals surface area contributed by atoms with Gasteiger partial charge in [0.2, 0.25) is 11.7 Å². The summed E-state index contributed by atoms with van der Waals surface area (Å²) in [6.45, 7) is 2.95. The van der Waals surface area contributed by atoms with Gasteiger partial charge < -0.3 is 14.2 Å². The van der Waals surface area contributed by atoms with Crippen molar-refractivity contribution in [1.29, 1.82) is 0 Å². The highest BCUT2D eigenvalue weighted by atomic mass is 16.5. The third-order valence-corrected chi connectivity index (χ3v) is 5.36. The molecule has 2 aromatic carbocycles. The molecule has 1 N–H and O–H groups in total. The number of H-pyrrole nitrogens is 1. The fourth-order valence-electron chi connectivity index (χ4n) is 3.80. The minimum atomic E-state index is 0.307. The predicted octanol–water partition coefficient (Wildman–Crippen LogP) is 3.90. The first-order valence-corrected chi connectivity index (χ1v) is 10.00. The van der Waals surface area contributed by atoms with Gasteiger partial charge in [-0.05, 0) is 50.2 Å². The molecule has 3 heterocycles. The van der Waals surface area contributed by atoms with Gasteiger partial charge in [-0.2, -0.15) is 4.98 Å². The summed E-state index contributed by atoms with van der Waals surface area (Å²) in [5.41, 5.74) is 2.15. The lowest BCUT2D eigenvalue weighted by atomic mass is 9.96. The summed E-state index contributed by atoms with van der Waals surface area (Å²) < 4.78 is 11.1. The van der Waals surface area contributed by atoms with Crippen LogP contribution in [0.25, 0.3) is 11.0 Å². The molecule has 0 radical (unpaired) electrons. The average Bonchev–Trinajstić information content (AvgIpc) is 3.40. The van der Waals surface area contributed by atoms with Gasteiger partial charge in [0.25, 0.3) is 0 Å². The summed E-state index contributed by atoms with van der Waals surface area (Å²) in [6, 6.07) is 17.8. The Morgan fingerprint density at radius 2 is 1.79 bits per heavy atom. The van der Waals surface area contributed by atoms with E-state index in [-0.39, 0.29) is 0 Å². The minimum Gasteiger partial charge on any atom is -0.485 e. The lowest BCUT2D eigenvalue weighted by Gasteiger charge is -2.29. The summed E-state index contributed by atoms with van der Waals surface area (Å²) in [5.74, 6) is 3.58. The van der Waals surface area contributed by atoms with Crippen LogP contribution in [0.15, 0.2) is 59.1 Å². The van der Waals surface area contributed by atoms with Crippen molar-refractivity contribution >= 4 is 11.0 Å². The molecule has 1 aliphatic heterocycles. The second-order valence-corrected chi connectivity index (χ2v) is 7.40. The molecule has 0 atom stereocenters. The van der Waals surface area contributed by atoms with Crippen LogP contribution < -0.4 is 4.74 Å². The zero-order valence-corrected chi connectivity index (χ0v) is 16.1. The van der Waals surface area contributed by atoms with Crippen molar-refractivity contribution < 1.29 is 9.26 Å².